The van der Waals surface area contributed by atoms with Crippen LogP contribution < -0.4 is 21.7 Å². The smallest absolute Gasteiger partial charge is 0.274 e. The first-order valence-corrected chi connectivity index (χ1v) is 10.6. The van der Waals surface area contributed by atoms with Crippen LogP contribution in [0.3, 0.4) is 0 Å². The van der Waals surface area contributed by atoms with Crippen LogP contribution in [0.4, 0.5) is 11.5 Å². The van der Waals surface area contributed by atoms with E-state index in [9.17, 15) is 14.4 Å². The molecule has 4 aromatic rings. The lowest BCUT2D eigenvalue weighted by Gasteiger charge is -2.07. The fraction of sp³-hybridized carbons (Fsp3) is 0.125. The molecule has 10 heteroatoms. The summed E-state index contributed by atoms with van der Waals surface area (Å²) >= 11 is 0. The number of nitrogens with two attached hydrogens (primary N) is 1. The predicted octanol–water partition coefficient (Wildman–Crippen LogP) is 1.81. The molecule has 10 nitrogen and oxygen atoms in total. The second kappa shape index (κ2) is 10.3. The van der Waals surface area contributed by atoms with E-state index < -0.39 is 0 Å². The highest BCUT2D eigenvalue weighted by Crippen LogP contribution is 2.18. The van der Waals surface area contributed by atoms with Gasteiger partial charge in [-0.15, -0.1) is 0 Å². The lowest BCUT2D eigenvalue weighted by Crippen LogP contribution is -2.36. The number of hydrogen-bond acceptors (Lipinski definition) is 6. The zero-order valence-electron chi connectivity index (χ0n) is 18.2. The monoisotopic (exact) mass is 457 g/mol. The number of carbonyl (C=O) groups excluding carboxylic acids is 3. The highest BCUT2D eigenvalue weighted by molar-refractivity contribution is 6.04. The number of rotatable bonds is 8. The summed E-state index contributed by atoms with van der Waals surface area (Å²) in [4.78, 5) is 40.6. The van der Waals surface area contributed by atoms with Crippen molar-refractivity contribution in [3.8, 4) is 0 Å². The molecule has 0 saturated heterocycles. The highest BCUT2D eigenvalue weighted by atomic mass is 16.2. The fourth-order valence-electron chi connectivity index (χ4n) is 3.28. The summed E-state index contributed by atoms with van der Waals surface area (Å²) in [6.45, 7) is 0.633. The first-order chi connectivity index (χ1) is 16.5. The van der Waals surface area contributed by atoms with Gasteiger partial charge in [-0.2, -0.15) is 5.10 Å². The molecule has 5 N–H and O–H groups in total. The van der Waals surface area contributed by atoms with E-state index in [1.54, 1.807) is 66.9 Å². The molecular weight excluding hydrogens is 434 g/mol. The molecule has 0 aliphatic heterocycles. The van der Waals surface area contributed by atoms with E-state index in [0.29, 0.717) is 29.9 Å². The van der Waals surface area contributed by atoms with Crippen LogP contribution >= 0.6 is 0 Å². The Balaban J connectivity index is 1.28. The lowest BCUT2D eigenvalue weighted by molar-refractivity contribution is -0.121. The van der Waals surface area contributed by atoms with Gasteiger partial charge in [0.2, 0.25) is 5.91 Å². The van der Waals surface area contributed by atoms with Crippen molar-refractivity contribution in [1.82, 2.24) is 25.4 Å². The number of anilines is 2. The van der Waals surface area contributed by atoms with E-state index in [-0.39, 0.29) is 35.8 Å². The molecule has 0 spiro atoms. The maximum Gasteiger partial charge on any atom is 0.274 e. The van der Waals surface area contributed by atoms with Gasteiger partial charge in [0.05, 0.1) is 5.52 Å². The van der Waals surface area contributed by atoms with E-state index in [1.165, 1.54) is 4.68 Å². The molecule has 4 rings (SSSR count). The zero-order valence-corrected chi connectivity index (χ0v) is 18.2. The lowest BCUT2D eigenvalue weighted by atomic mass is 10.2. The normalized spacial score (nSPS) is 10.6. The first kappa shape index (κ1) is 22.5. The number of nitrogens with one attached hydrogen (secondary N) is 3. The molecule has 2 aromatic heterocycles. The van der Waals surface area contributed by atoms with Gasteiger partial charge in [0.1, 0.15) is 18.1 Å². The molecule has 0 fully saturated rings. The third-order valence-electron chi connectivity index (χ3n) is 4.89. The Morgan fingerprint density at radius 3 is 2.47 bits per heavy atom. The van der Waals surface area contributed by atoms with Crippen molar-refractivity contribution in [1.29, 1.82) is 0 Å². The summed E-state index contributed by atoms with van der Waals surface area (Å²) in [6.07, 6.45) is 1.72. The molecule has 172 valence electrons. The second-order valence-corrected chi connectivity index (χ2v) is 7.47. The number of amides is 3. The Kier molecular flexibility index (Phi) is 6.78. The Bertz CT molecular complexity index is 1330. The number of benzene rings is 2. The van der Waals surface area contributed by atoms with E-state index in [4.69, 9.17) is 5.73 Å². The van der Waals surface area contributed by atoms with Crippen LogP contribution in [0, 0.1) is 0 Å². The Labute approximate surface area is 195 Å². The average molecular weight is 457 g/mol. The van der Waals surface area contributed by atoms with Gasteiger partial charge in [0.15, 0.2) is 0 Å². The summed E-state index contributed by atoms with van der Waals surface area (Å²) in [5.74, 6) is -0.537. The molecule has 0 aliphatic carbocycles. The first-order valence-electron chi connectivity index (χ1n) is 10.6. The van der Waals surface area contributed by atoms with Crippen LogP contribution in [0.5, 0.6) is 0 Å². The van der Waals surface area contributed by atoms with Crippen LogP contribution in [0.1, 0.15) is 20.8 Å². The number of aromatic nitrogens is 3. The SMILES string of the molecule is Nc1cccc(C(=O)Nc2ccc3nn(CC(=O)NCCNC(=O)c4ccccc4)cc3c2)n1. The maximum absolute atomic E-state index is 12.4. The van der Waals surface area contributed by atoms with E-state index in [2.05, 4.69) is 26.0 Å². The van der Waals surface area contributed by atoms with Crippen molar-refractivity contribution in [2.24, 2.45) is 0 Å². The van der Waals surface area contributed by atoms with Crippen molar-refractivity contribution in [2.75, 3.05) is 24.1 Å². The molecule has 34 heavy (non-hydrogen) atoms. The van der Waals surface area contributed by atoms with Gasteiger partial charge in [0.25, 0.3) is 11.8 Å². The van der Waals surface area contributed by atoms with Crippen molar-refractivity contribution >= 4 is 40.1 Å². The maximum atomic E-state index is 12.4. The van der Waals surface area contributed by atoms with Crippen LogP contribution in [0.25, 0.3) is 10.9 Å². The number of hydrogen-bond donors (Lipinski definition) is 4. The van der Waals surface area contributed by atoms with Crippen molar-refractivity contribution in [3.63, 3.8) is 0 Å². The van der Waals surface area contributed by atoms with E-state index >= 15 is 0 Å². The summed E-state index contributed by atoms with van der Waals surface area (Å²) in [5.41, 5.74) is 7.66. The van der Waals surface area contributed by atoms with Gasteiger partial charge >= 0.3 is 0 Å². The van der Waals surface area contributed by atoms with Crippen molar-refractivity contribution < 1.29 is 14.4 Å². The Morgan fingerprint density at radius 1 is 0.882 bits per heavy atom. The minimum atomic E-state index is -0.377. The van der Waals surface area contributed by atoms with Gasteiger partial charge in [0, 0.05) is 35.9 Å². The number of pyridine rings is 1. The van der Waals surface area contributed by atoms with Crippen LogP contribution in [0.15, 0.2) is 72.9 Å². The van der Waals surface area contributed by atoms with Gasteiger partial charge in [-0.3, -0.25) is 19.1 Å². The Hall–Kier alpha value is -4.73. The average Bonchev–Trinajstić information content (AvgIpc) is 3.23. The third kappa shape index (κ3) is 5.74. The molecule has 0 atom stereocenters. The quantitative estimate of drug-likeness (QED) is 0.297. The molecule has 0 unspecified atom stereocenters. The summed E-state index contributed by atoms with van der Waals surface area (Å²) in [6, 6.07) is 18.9. The molecule has 0 aliphatic rings. The standard InChI is InChI=1S/C24H23N7O3/c25-21-8-4-7-20(29-21)24(34)28-18-9-10-19-17(13-18)14-31(30-19)15-22(32)26-11-12-27-23(33)16-5-2-1-3-6-16/h1-10,13-14H,11-12,15H2,(H2,25,29)(H,26,32)(H,27,33)(H,28,34). The molecule has 0 radical (unpaired) electrons. The minimum absolute atomic E-state index is 0.0240. The van der Waals surface area contributed by atoms with Crippen LogP contribution in [-0.2, 0) is 11.3 Å². The molecule has 0 bridgehead atoms. The molecule has 2 aromatic carbocycles. The number of carbonyl (C=O) groups is 3. The molecular formula is C24H23N7O3. The predicted molar refractivity (Wildman–Crippen MR) is 128 cm³/mol. The molecule has 2 heterocycles. The van der Waals surface area contributed by atoms with Crippen molar-refractivity contribution in [2.45, 2.75) is 6.54 Å². The summed E-state index contributed by atoms with van der Waals surface area (Å²) < 4.78 is 1.52. The number of nitrogens with zero attached hydrogens (tertiary/aromatic N) is 3. The largest absolute Gasteiger partial charge is 0.384 e. The van der Waals surface area contributed by atoms with Crippen LogP contribution in [-0.4, -0.2) is 45.6 Å². The molecule has 0 saturated carbocycles. The minimum Gasteiger partial charge on any atom is -0.384 e. The molecule has 3 amide bonds. The topological polar surface area (TPSA) is 144 Å². The second-order valence-electron chi connectivity index (χ2n) is 7.47. The fourth-order valence-corrected chi connectivity index (χ4v) is 3.28. The number of nitrogen functional groups attached to an aromatic ring is 1. The van der Waals surface area contributed by atoms with Gasteiger partial charge < -0.3 is 21.7 Å². The van der Waals surface area contributed by atoms with Crippen molar-refractivity contribution in [3.05, 3.63) is 84.2 Å². The van der Waals surface area contributed by atoms with Gasteiger partial charge in [-0.1, -0.05) is 24.3 Å². The van der Waals surface area contributed by atoms with E-state index in [1.807, 2.05) is 6.07 Å². The zero-order chi connectivity index (χ0) is 23.9. The Morgan fingerprint density at radius 2 is 1.68 bits per heavy atom. The van der Waals surface area contributed by atoms with Crippen LogP contribution in [0.2, 0.25) is 0 Å². The highest BCUT2D eigenvalue weighted by Gasteiger charge is 2.11. The van der Waals surface area contributed by atoms with Gasteiger partial charge in [-0.05, 0) is 42.5 Å². The number of fused-ring (bicyclic) bond motifs is 1. The summed E-state index contributed by atoms with van der Waals surface area (Å²) in [5, 5.41) is 13.4. The summed E-state index contributed by atoms with van der Waals surface area (Å²) in [7, 11) is 0. The third-order valence-corrected chi connectivity index (χ3v) is 4.89. The van der Waals surface area contributed by atoms with E-state index in [0.717, 1.165) is 5.39 Å². The van der Waals surface area contributed by atoms with Gasteiger partial charge in [-0.25, -0.2) is 4.98 Å².